The number of aliphatic hydroxyl groups is 1. The fourth-order valence-electron chi connectivity index (χ4n) is 1.34. The second-order valence-electron chi connectivity index (χ2n) is 4.29. The number of pyridine rings is 1. The van der Waals surface area contributed by atoms with Gasteiger partial charge in [0.05, 0.1) is 17.6 Å². The second-order valence-corrected chi connectivity index (χ2v) is 4.29. The molecule has 0 spiro atoms. The Morgan fingerprint density at radius 2 is 2.21 bits per heavy atom. The molecule has 0 aliphatic heterocycles. The summed E-state index contributed by atoms with van der Waals surface area (Å²) in [6.07, 6.45) is 0.776. The zero-order chi connectivity index (χ0) is 14.5. The van der Waals surface area contributed by atoms with Gasteiger partial charge in [-0.05, 0) is 19.1 Å². The smallest absolute Gasteiger partial charge is 0.306 e. The summed E-state index contributed by atoms with van der Waals surface area (Å²) in [5.41, 5.74) is -1.12. The van der Waals surface area contributed by atoms with Crippen LogP contribution in [-0.4, -0.2) is 39.2 Å². The molecule has 1 atom stereocenters. The van der Waals surface area contributed by atoms with Gasteiger partial charge in [-0.1, -0.05) is 0 Å². The number of carboxylic acids is 1. The van der Waals surface area contributed by atoms with Crippen LogP contribution < -0.4 is 5.32 Å². The lowest BCUT2D eigenvalue weighted by atomic mass is 10.0. The Hall–Kier alpha value is -2.46. The average Bonchev–Trinajstić information content (AvgIpc) is 2.34. The number of hydrogen-bond acceptors (Lipinski definition) is 5. The van der Waals surface area contributed by atoms with Gasteiger partial charge in [-0.25, -0.2) is 4.98 Å². The monoisotopic (exact) mass is 263 g/mol. The van der Waals surface area contributed by atoms with Gasteiger partial charge < -0.3 is 15.5 Å². The topological polar surface area (TPSA) is 123 Å². The number of carboxylic acid groups (broad SMARTS) is 1. The van der Waals surface area contributed by atoms with Crippen LogP contribution in [0.5, 0.6) is 0 Å². The van der Waals surface area contributed by atoms with E-state index in [9.17, 15) is 14.7 Å². The van der Waals surface area contributed by atoms with E-state index in [0.717, 1.165) is 0 Å². The summed E-state index contributed by atoms with van der Waals surface area (Å²) >= 11 is 0. The molecule has 1 rings (SSSR count). The number of carbonyl (C=O) groups excluding carboxylic acids is 1. The normalized spacial score (nSPS) is 13.1. The van der Waals surface area contributed by atoms with Crippen LogP contribution in [0.1, 0.15) is 29.4 Å². The summed E-state index contributed by atoms with van der Waals surface area (Å²) in [5.74, 6) is -1.70. The van der Waals surface area contributed by atoms with E-state index in [1.54, 1.807) is 0 Å². The molecule has 7 heteroatoms. The predicted molar refractivity (Wildman–Crippen MR) is 64.2 cm³/mol. The molecular formula is C12H13N3O4. The lowest BCUT2D eigenvalue weighted by molar-refractivity contribution is -0.141. The van der Waals surface area contributed by atoms with E-state index < -0.39 is 23.9 Å². The van der Waals surface area contributed by atoms with Gasteiger partial charge in [-0.2, -0.15) is 5.26 Å². The molecule has 1 amide bonds. The Labute approximate surface area is 109 Å². The van der Waals surface area contributed by atoms with Crippen LogP contribution in [0.2, 0.25) is 0 Å². The number of nitriles is 1. The zero-order valence-electron chi connectivity index (χ0n) is 10.3. The summed E-state index contributed by atoms with van der Waals surface area (Å²) in [5, 5.41) is 29.2. The van der Waals surface area contributed by atoms with Gasteiger partial charge in [0.2, 0.25) is 0 Å². The number of amides is 1. The molecule has 0 radical (unpaired) electrons. The third-order valence-corrected chi connectivity index (χ3v) is 2.29. The number of nitrogens with zero attached hydrogens (tertiary/aromatic N) is 2. The second kappa shape index (κ2) is 5.93. The first-order valence-corrected chi connectivity index (χ1v) is 5.42. The van der Waals surface area contributed by atoms with Crippen molar-refractivity contribution in [1.82, 2.24) is 10.3 Å². The van der Waals surface area contributed by atoms with Crippen LogP contribution >= 0.6 is 0 Å². The first kappa shape index (κ1) is 14.6. The van der Waals surface area contributed by atoms with E-state index in [1.807, 2.05) is 6.07 Å². The Bertz CT molecular complexity index is 517. The molecule has 0 bridgehead atoms. The van der Waals surface area contributed by atoms with Crippen molar-refractivity contribution in [3.05, 3.63) is 29.6 Å². The van der Waals surface area contributed by atoms with Crippen LogP contribution in [0, 0.1) is 11.3 Å². The van der Waals surface area contributed by atoms with Crippen molar-refractivity contribution in [3.63, 3.8) is 0 Å². The SMILES string of the molecule is CC(O)(CNC(=O)c1ccc(C#N)cn1)CC(=O)O. The minimum Gasteiger partial charge on any atom is -0.481 e. The van der Waals surface area contributed by atoms with Crippen molar-refractivity contribution in [2.24, 2.45) is 0 Å². The molecule has 3 N–H and O–H groups in total. The van der Waals surface area contributed by atoms with Crippen LogP contribution in [0.3, 0.4) is 0 Å². The summed E-state index contributed by atoms with van der Waals surface area (Å²) in [7, 11) is 0. The van der Waals surface area contributed by atoms with E-state index in [1.165, 1.54) is 25.3 Å². The van der Waals surface area contributed by atoms with E-state index in [4.69, 9.17) is 10.4 Å². The van der Waals surface area contributed by atoms with Gasteiger partial charge in [-0.3, -0.25) is 9.59 Å². The van der Waals surface area contributed by atoms with Gasteiger partial charge in [0, 0.05) is 12.7 Å². The number of carbonyl (C=O) groups is 2. The molecule has 1 heterocycles. The first-order valence-electron chi connectivity index (χ1n) is 5.42. The molecule has 0 saturated heterocycles. The minimum absolute atomic E-state index is 0.0881. The third kappa shape index (κ3) is 4.73. The zero-order valence-corrected chi connectivity index (χ0v) is 10.3. The quantitative estimate of drug-likeness (QED) is 0.682. The molecule has 7 nitrogen and oxygen atoms in total. The number of aliphatic carboxylic acids is 1. The molecule has 1 aromatic heterocycles. The van der Waals surface area contributed by atoms with E-state index in [-0.39, 0.29) is 12.2 Å². The van der Waals surface area contributed by atoms with Gasteiger partial charge in [0.25, 0.3) is 5.91 Å². The Kier molecular flexibility index (Phi) is 4.56. The molecule has 1 aromatic rings. The van der Waals surface area contributed by atoms with Crippen molar-refractivity contribution >= 4 is 11.9 Å². The van der Waals surface area contributed by atoms with E-state index in [2.05, 4.69) is 10.3 Å². The number of hydrogen-bond donors (Lipinski definition) is 3. The van der Waals surface area contributed by atoms with Crippen molar-refractivity contribution in [1.29, 1.82) is 5.26 Å². The highest BCUT2D eigenvalue weighted by Gasteiger charge is 2.25. The molecule has 19 heavy (non-hydrogen) atoms. The van der Waals surface area contributed by atoms with Crippen LogP contribution in [-0.2, 0) is 4.79 Å². The van der Waals surface area contributed by atoms with Gasteiger partial charge >= 0.3 is 5.97 Å². The maximum Gasteiger partial charge on any atom is 0.306 e. The van der Waals surface area contributed by atoms with Crippen LogP contribution in [0.25, 0.3) is 0 Å². The number of aromatic nitrogens is 1. The van der Waals surface area contributed by atoms with Gasteiger partial charge in [-0.15, -0.1) is 0 Å². The maximum atomic E-state index is 11.7. The highest BCUT2D eigenvalue weighted by molar-refractivity contribution is 5.92. The molecule has 1 unspecified atom stereocenters. The number of rotatable bonds is 5. The van der Waals surface area contributed by atoms with E-state index >= 15 is 0 Å². The fourth-order valence-corrected chi connectivity index (χ4v) is 1.34. The standard InChI is InChI=1S/C12H13N3O4/c1-12(19,4-10(16)17)7-15-11(18)9-3-2-8(5-13)6-14-9/h2-3,6,19H,4,7H2,1H3,(H,15,18)(H,16,17). The van der Waals surface area contributed by atoms with Gasteiger partial charge in [0.1, 0.15) is 11.8 Å². The predicted octanol–water partition coefficient (Wildman–Crippen LogP) is -0.0912. The van der Waals surface area contributed by atoms with Crippen LogP contribution in [0.15, 0.2) is 18.3 Å². The molecule has 0 aliphatic rings. The number of nitrogens with one attached hydrogen (secondary N) is 1. The summed E-state index contributed by atoms with van der Waals surface area (Å²) in [6, 6.07) is 4.69. The van der Waals surface area contributed by atoms with Gasteiger partial charge in [0.15, 0.2) is 0 Å². The third-order valence-electron chi connectivity index (χ3n) is 2.29. The first-order chi connectivity index (χ1) is 8.84. The molecule has 0 aliphatic carbocycles. The molecule has 0 saturated carbocycles. The Balaban J connectivity index is 2.60. The summed E-state index contributed by atoms with van der Waals surface area (Å²) in [6.45, 7) is 1.10. The van der Waals surface area contributed by atoms with Crippen molar-refractivity contribution in [3.8, 4) is 6.07 Å². The molecular weight excluding hydrogens is 250 g/mol. The summed E-state index contributed by atoms with van der Waals surface area (Å²) < 4.78 is 0. The van der Waals surface area contributed by atoms with Crippen LogP contribution in [0.4, 0.5) is 0 Å². The fraction of sp³-hybridized carbons (Fsp3) is 0.333. The molecule has 100 valence electrons. The highest BCUT2D eigenvalue weighted by atomic mass is 16.4. The largest absolute Gasteiger partial charge is 0.481 e. The van der Waals surface area contributed by atoms with Crippen molar-refractivity contribution in [2.45, 2.75) is 18.9 Å². The minimum atomic E-state index is -1.53. The Morgan fingerprint density at radius 3 is 2.68 bits per heavy atom. The highest BCUT2D eigenvalue weighted by Crippen LogP contribution is 2.08. The maximum absolute atomic E-state index is 11.7. The molecule has 0 aromatic carbocycles. The summed E-state index contributed by atoms with van der Waals surface area (Å²) in [4.78, 5) is 25.9. The Morgan fingerprint density at radius 1 is 1.53 bits per heavy atom. The molecule has 0 fully saturated rings. The van der Waals surface area contributed by atoms with Crippen molar-refractivity contribution in [2.75, 3.05) is 6.54 Å². The lowest BCUT2D eigenvalue weighted by Gasteiger charge is -2.21. The average molecular weight is 263 g/mol. The lowest BCUT2D eigenvalue weighted by Crippen LogP contribution is -2.42. The van der Waals surface area contributed by atoms with E-state index in [0.29, 0.717) is 5.56 Å². The van der Waals surface area contributed by atoms with Crippen molar-refractivity contribution < 1.29 is 19.8 Å².